The van der Waals surface area contributed by atoms with Crippen molar-refractivity contribution in [1.29, 1.82) is 0 Å². The minimum Gasteiger partial charge on any atom is -0.494 e. The van der Waals surface area contributed by atoms with Crippen molar-refractivity contribution in [3.05, 3.63) is 59.2 Å². The van der Waals surface area contributed by atoms with Crippen molar-refractivity contribution in [3.8, 4) is 5.75 Å². The molecule has 3 rings (SSSR count). The molecule has 4 nitrogen and oxygen atoms in total. The van der Waals surface area contributed by atoms with Gasteiger partial charge in [0.15, 0.2) is 0 Å². The summed E-state index contributed by atoms with van der Waals surface area (Å²) in [5, 5.41) is 3.02. The minimum atomic E-state index is -0.00379. The van der Waals surface area contributed by atoms with Crippen LogP contribution in [0, 0.1) is 19.8 Å². The van der Waals surface area contributed by atoms with Crippen molar-refractivity contribution in [1.82, 2.24) is 4.90 Å². The molecule has 1 saturated heterocycles. The topological polar surface area (TPSA) is 41.6 Å². The predicted molar refractivity (Wildman–Crippen MR) is 124 cm³/mol. The number of likely N-dealkylation sites (tertiary alicyclic amines) is 1. The molecular formula is C26H36N2O2. The van der Waals surface area contributed by atoms with E-state index in [1.54, 1.807) is 0 Å². The fourth-order valence-electron chi connectivity index (χ4n) is 3.93. The van der Waals surface area contributed by atoms with Gasteiger partial charge in [-0.1, -0.05) is 32.0 Å². The number of rotatable bonds is 8. The van der Waals surface area contributed by atoms with Crippen LogP contribution < -0.4 is 10.1 Å². The Labute approximate surface area is 181 Å². The van der Waals surface area contributed by atoms with E-state index in [1.807, 2.05) is 19.9 Å². The van der Waals surface area contributed by atoms with Gasteiger partial charge < -0.3 is 15.0 Å². The minimum absolute atomic E-state index is 0.00379. The highest BCUT2D eigenvalue weighted by Crippen LogP contribution is 2.29. The second-order valence-corrected chi connectivity index (χ2v) is 8.83. The summed E-state index contributed by atoms with van der Waals surface area (Å²) in [5.41, 5.74) is 4.84. The van der Waals surface area contributed by atoms with Gasteiger partial charge in [0, 0.05) is 18.2 Å². The lowest BCUT2D eigenvalue weighted by atomic mass is 9.89. The van der Waals surface area contributed by atoms with Crippen LogP contribution in [0.3, 0.4) is 0 Å². The Morgan fingerprint density at radius 1 is 1.10 bits per heavy atom. The molecule has 2 aromatic carbocycles. The van der Waals surface area contributed by atoms with Crippen LogP contribution in [0.2, 0.25) is 0 Å². The molecule has 0 saturated carbocycles. The first kappa shape index (κ1) is 22.4. The summed E-state index contributed by atoms with van der Waals surface area (Å²) < 4.78 is 5.92. The molecule has 1 heterocycles. The zero-order valence-electron chi connectivity index (χ0n) is 18.9. The number of nitrogens with zero attached hydrogens (tertiary/aromatic N) is 1. The highest BCUT2D eigenvalue weighted by molar-refractivity contribution is 5.92. The lowest BCUT2D eigenvalue weighted by Crippen LogP contribution is -2.34. The van der Waals surface area contributed by atoms with E-state index < -0.39 is 0 Å². The number of aryl methyl sites for hydroxylation is 2. The first-order valence-corrected chi connectivity index (χ1v) is 11.3. The smallest absolute Gasteiger partial charge is 0.226 e. The molecule has 1 N–H and O–H groups in total. The van der Waals surface area contributed by atoms with E-state index in [9.17, 15) is 4.79 Å². The number of anilines is 1. The molecule has 0 bridgehead atoms. The molecule has 0 atom stereocenters. The standard InChI is InChI=1S/C26H36N2O2/c1-19(2)26(29)27-24-8-5-7-23(18-24)22-11-14-28(15-12-22)13-6-16-30-25-10-9-20(3)21(4)17-25/h5,7-10,17-19,22H,6,11-16H2,1-4H3,(H,27,29). The Balaban J connectivity index is 1.40. The van der Waals surface area contributed by atoms with Gasteiger partial charge in [-0.2, -0.15) is 0 Å². The van der Waals surface area contributed by atoms with Crippen LogP contribution in [0.4, 0.5) is 5.69 Å². The van der Waals surface area contributed by atoms with E-state index in [2.05, 4.69) is 60.5 Å². The largest absolute Gasteiger partial charge is 0.494 e. The summed E-state index contributed by atoms with van der Waals surface area (Å²) in [5.74, 6) is 1.62. The van der Waals surface area contributed by atoms with Gasteiger partial charge in [0.1, 0.15) is 5.75 Å². The van der Waals surface area contributed by atoms with Gasteiger partial charge in [-0.25, -0.2) is 0 Å². The Morgan fingerprint density at radius 3 is 2.57 bits per heavy atom. The van der Waals surface area contributed by atoms with E-state index in [0.29, 0.717) is 5.92 Å². The third-order valence-corrected chi connectivity index (χ3v) is 6.10. The molecule has 0 radical (unpaired) electrons. The van der Waals surface area contributed by atoms with Crippen molar-refractivity contribution < 1.29 is 9.53 Å². The lowest BCUT2D eigenvalue weighted by Gasteiger charge is -2.32. The second kappa shape index (κ2) is 10.6. The summed E-state index contributed by atoms with van der Waals surface area (Å²) in [4.78, 5) is 14.5. The van der Waals surface area contributed by atoms with Gasteiger partial charge in [-0.05, 0) is 93.1 Å². The highest BCUT2D eigenvalue weighted by Gasteiger charge is 2.20. The van der Waals surface area contributed by atoms with Gasteiger partial charge in [0.2, 0.25) is 5.91 Å². The third-order valence-electron chi connectivity index (χ3n) is 6.10. The summed E-state index contributed by atoms with van der Waals surface area (Å²) >= 11 is 0. The van der Waals surface area contributed by atoms with Gasteiger partial charge in [0.05, 0.1) is 6.61 Å². The second-order valence-electron chi connectivity index (χ2n) is 8.83. The summed E-state index contributed by atoms with van der Waals surface area (Å²) in [7, 11) is 0. The molecule has 30 heavy (non-hydrogen) atoms. The quantitative estimate of drug-likeness (QED) is 0.583. The van der Waals surface area contributed by atoms with Crippen molar-refractivity contribution >= 4 is 11.6 Å². The molecule has 1 aliphatic heterocycles. The third kappa shape index (κ3) is 6.33. The number of nitrogens with one attached hydrogen (secondary N) is 1. The van der Waals surface area contributed by atoms with Crippen molar-refractivity contribution in [2.45, 2.75) is 52.9 Å². The Hall–Kier alpha value is -2.33. The molecule has 0 aromatic heterocycles. The van der Waals surface area contributed by atoms with E-state index in [0.717, 1.165) is 44.1 Å². The number of hydrogen-bond donors (Lipinski definition) is 1. The van der Waals surface area contributed by atoms with Crippen LogP contribution in [-0.4, -0.2) is 37.0 Å². The predicted octanol–water partition coefficient (Wildman–Crippen LogP) is 5.55. The summed E-state index contributed by atoms with van der Waals surface area (Å²) in [6.45, 7) is 12.2. The van der Waals surface area contributed by atoms with Crippen molar-refractivity contribution in [3.63, 3.8) is 0 Å². The molecule has 0 unspecified atom stereocenters. The summed E-state index contributed by atoms with van der Waals surface area (Å²) in [6.07, 6.45) is 3.38. The highest BCUT2D eigenvalue weighted by atomic mass is 16.5. The molecule has 1 amide bonds. The number of carbonyl (C=O) groups is 1. The fourth-order valence-corrected chi connectivity index (χ4v) is 3.93. The van der Waals surface area contributed by atoms with Crippen LogP contribution in [0.15, 0.2) is 42.5 Å². The lowest BCUT2D eigenvalue weighted by molar-refractivity contribution is -0.118. The van der Waals surface area contributed by atoms with E-state index >= 15 is 0 Å². The number of benzene rings is 2. The first-order chi connectivity index (χ1) is 14.4. The van der Waals surface area contributed by atoms with E-state index in [4.69, 9.17) is 4.74 Å². The molecule has 1 aliphatic rings. The van der Waals surface area contributed by atoms with Crippen molar-refractivity contribution in [2.24, 2.45) is 5.92 Å². The summed E-state index contributed by atoms with van der Waals surface area (Å²) in [6, 6.07) is 14.7. The molecule has 2 aromatic rings. The Bertz CT molecular complexity index is 839. The Kier molecular flexibility index (Phi) is 7.92. The monoisotopic (exact) mass is 408 g/mol. The number of piperidine rings is 1. The molecule has 0 aliphatic carbocycles. The molecular weight excluding hydrogens is 372 g/mol. The average Bonchev–Trinajstić information content (AvgIpc) is 2.74. The maximum Gasteiger partial charge on any atom is 0.226 e. The molecule has 4 heteroatoms. The van der Waals surface area contributed by atoms with Crippen LogP contribution in [-0.2, 0) is 4.79 Å². The van der Waals surface area contributed by atoms with E-state index in [-0.39, 0.29) is 11.8 Å². The number of ether oxygens (including phenoxy) is 1. The van der Waals surface area contributed by atoms with Gasteiger partial charge in [-0.15, -0.1) is 0 Å². The maximum absolute atomic E-state index is 12.0. The number of carbonyl (C=O) groups excluding carboxylic acids is 1. The normalized spacial score (nSPS) is 15.4. The van der Waals surface area contributed by atoms with Crippen LogP contribution >= 0.6 is 0 Å². The fraction of sp³-hybridized carbons (Fsp3) is 0.500. The zero-order valence-corrected chi connectivity index (χ0v) is 18.9. The van der Waals surface area contributed by atoms with Crippen molar-refractivity contribution in [2.75, 3.05) is 31.6 Å². The average molecular weight is 409 g/mol. The van der Waals surface area contributed by atoms with E-state index in [1.165, 1.54) is 29.5 Å². The zero-order chi connectivity index (χ0) is 21.5. The van der Waals surface area contributed by atoms with Gasteiger partial charge >= 0.3 is 0 Å². The molecule has 1 fully saturated rings. The van der Waals surface area contributed by atoms with Crippen LogP contribution in [0.25, 0.3) is 0 Å². The van der Waals surface area contributed by atoms with Crippen LogP contribution in [0.1, 0.15) is 55.7 Å². The van der Waals surface area contributed by atoms with Crippen LogP contribution in [0.5, 0.6) is 5.75 Å². The molecule has 0 spiro atoms. The van der Waals surface area contributed by atoms with Gasteiger partial charge in [0.25, 0.3) is 0 Å². The molecule has 162 valence electrons. The SMILES string of the molecule is Cc1ccc(OCCCN2CCC(c3cccc(NC(=O)C(C)C)c3)CC2)cc1C. The maximum atomic E-state index is 12.0. The Morgan fingerprint density at radius 2 is 1.87 bits per heavy atom. The number of hydrogen-bond acceptors (Lipinski definition) is 3. The van der Waals surface area contributed by atoms with Gasteiger partial charge in [-0.3, -0.25) is 4.79 Å². The number of amides is 1. The first-order valence-electron chi connectivity index (χ1n) is 11.3.